The Hall–Kier alpha value is -2.23. The van der Waals surface area contributed by atoms with Crippen molar-refractivity contribution in [2.75, 3.05) is 6.61 Å². The maximum Gasteiger partial charge on any atom is 0.458 e. The van der Waals surface area contributed by atoms with Crippen LogP contribution in [-0.2, 0) is 4.79 Å². The summed E-state index contributed by atoms with van der Waals surface area (Å²) in [5.74, 6) is -6.65. The average molecular weight is 366 g/mol. The van der Waals surface area contributed by atoms with Gasteiger partial charge in [-0.15, -0.1) is 0 Å². The Morgan fingerprint density at radius 1 is 1.28 bits per heavy atom. The van der Waals surface area contributed by atoms with Gasteiger partial charge in [0.15, 0.2) is 6.61 Å². The van der Waals surface area contributed by atoms with Gasteiger partial charge in [-0.25, -0.2) is 0 Å². The molecule has 1 amide bonds. The number of benzene rings is 1. The fourth-order valence-electron chi connectivity index (χ4n) is 2.37. The van der Waals surface area contributed by atoms with E-state index in [2.05, 4.69) is 5.10 Å². The van der Waals surface area contributed by atoms with Crippen molar-refractivity contribution in [3.63, 3.8) is 0 Å². The quantitative estimate of drug-likeness (QED) is 0.834. The molecule has 138 valence electrons. The molecular weight excluding hydrogens is 351 g/mol. The normalized spacial score (nSPS) is 21.3. The molecule has 0 bridgehead atoms. The summed E-state index contributed by atoms with van der Waals surface area (Å²) in [7, 11) is 0. The summed E-state index contributed by atoms with van der Waals surface area (Å²) in [5, 5.41) is 13.1. The summed E-state index contributed by atoms with van der Waals surface area (Å²) >= 11 is 0. The van der Waals surface area contributed by atoms with Gasteiger partial charge in [-0.1, -0.05) is 18.2 Å². The minimum atomic E-state index is -6.06. The van der Waals surface area contributed by atoms with Crippen LogP contribution < -0.4 is 4.74 Å². The van der Waals surface area contributed by atoms with Crippen LogP contribution in [0, 0.1) is 6.92 Å². The molecule has 1 atom stereocenters. The van der Waals surface area contributed by atoms with Crippen LogP contribution in [0.2, 0.25) is 0 Å². The lowest BCUT2D eigenvalue weighted by atomic mass is 9.99. The highest BCUT2D eigenvalue weighted by Crippen LogP contribution is 2.48. The molecule has 0 saturated heterocycles. The van der Waals surface area contributed by atoms with E-state index in [1.165, 1.54) is 6.07 Å². The van der Waals surface area contributed by atoms with Gasteiger partial charge in [0.05, 0.1) is 0 Å². The highest BCUT2D eigenvalue weighted by Gasteiger charge is 2.74. The molecule has 1 aliphatic heterocycles. The van der Waals surface area contributed by atoms with Crippen molar-refractivity contribution in [1.29, 1.82) is 0 Å². The van der Waals surface area contributed by atoms with Crippen LogP contribution in [0.5, 0.6) is 5.75 Å². The number of carbonyl (C=O) groups excluding carboxylic acids is 1. The molecule has 0 unspecified atom stereocenters. The lowest BCUT2D eigenvalue weighted by Crippen LogP contribution is -2.64. The molecule has 1 N–H and O–H groups in total. The predicted octanol–water partition coefficient (Wildman–Crippen LogP) is 2.87. The molecule has 2 rings (SSSR count). The Labute approximate surface area is 139 Å². The maximum absolute atomic E-state index is 13.7. The Kier molecular flexibility index (Phi) is 4.77. The number of rotatable bonds is 4. The van der Waals surface area contributed by atoms with E-state index in [9.17, 15) is 31.9 Å². The van der Waals surface area contributed by atoms with E-state index in [-0.39, 0.29) is 16.5 Å². The Bertz CT molecular complexity index is 705. The predicted molar refractivity (Wildman–Crippen MR) is 77.2 cm³/mol. The number of hydrogen-bond acceptors (Lipinski definition) is 4. The van der Waals surface area contributed by atoms with E-state index < -0.39 is 36.8 Å². The van der Waals surface area contributed by atoms with Crippen LogP contribution in [0.3, 0.4) is 0 Å². The second kappa shape index (κ2) is 6.25. The molecule has 1 aromatic carbocycles. The molecule has 0 aliphatic carbocycles. The highest BCUT2D eigenvalue weighted by atomic mass is 19.4. The number of ether oxygens (including phenoxy) is 1. The Balaban J connectivity index is 2.23. The molecule has 5 nitrogen and oxygen atoms in total. The fraction of sp³-hybridized carbons (Fsp3) is 0.467. The molecule has 0 fully saturated rings. The number of amides is 1. The number of alkyl halides is 5. The van der Waals surface area contributed by atoms with E-state index in [0.29, 0.717) is 5.56 Å². The molecule has 25 heavy (non-hydrogen) atoms. The van der Waals surface area contributed by atoms with Gasteiger partial charge in [0.1, 0.15) is 5.75 Å². The second-order valence-electron chi connectivity index (χ2n) is 5.66. The first-order valence-corrected chi connectivity index (χ1v) is 7.12. The van der Waals surface area contributed by atoms with Crippen LogP contribution in [-0.4, -0.2) is 46.2 Å². The first-order valence-electron chi connectivity index (χ1n) is 7.12. The second-order valence-corrected chi connectivity index (χ2v) is 5.66. The monoisotopic (exact) mass is 366 g/mol. The standard InChI is InChI=1S/C15H15F5N2O3/c1-9-5-3-4-6-11(9)25-8-12(23)22-13(24,7-10(2)21-22)14(16,17)15(18,19)20/h3-6,24H,7-8H2,1-2H3/t13-/m1/s1. The summed E-state index contributed by atoms with van der Waals surface area (Å²) in [6.45, 7) is 1.93. The topological polar surface area (TPSA) is 62.1 Å². The Morgan fingerprint density at radius 3 is 2.44 bits per heavy atom. The summed E-state index contributed by atoms with van der Waals surface area (Å²) in [6, 6.07) is 6.45. The zero-order chi connectivity index (χ0) is 19.0. The first-order chi connectivity index (χ1) is 11.4. The molecule has 0 spiro atoms. The smallest absolute Gasteiger partial charge is 0.458 e. The molecule has 0 radical (unpaired) electrons. The van der Waals surface area contributed by atoms with Crippen LogP contribution in [0.4, 0.5) is 22.0 Å². The third-order valence-electron chi connectivity index (χ3n) is 3.66. The van der Waals surface area contributed by atoms with Crippen molar-refractivity contribution in [2.24, 2.45) is 5.10 Å². The minimum absolute atomic E-state index is 0.240. The van der Waals surface area contributed by atoms with Crippen LogP contribution in [0.15, 0.2) is 29.4 Å². The fourth-order valence-corrected chi connectivity index (χ4v) is 2.37. The zero-order valence-electron chi connectivity index (χ0n) is 13.3. The minimum Gasteiger partial charge on any atom is -0.483 e. The van der Waals surface area contributed by atoms with Gasteiger partial charge in [0, 0.05) is 12.1 Å². The number of aliphatic hydroxyl groups is 1. The van der Waals surface area contributed by atoms with Crippen molar-refractivity contribution < 1.29 is 36.6 Å². The molecule has 1 heterocycles. The third kappa shape index (κ3) is 3.30. The number of halogens is 5. The molecular formula is C15H15F5N2O3. The Morgan fingerprint density at radius 2 is 1.88 bits per heavy atom. The van der Waals surface area contributed by atoms with Crippen molar-refractivity contribution >= 4 is 11.6 Å². The van der Waals surface area contributed by atoms with E-state index in [1.54, 1.807) is 25.1 Å². The number of para-hydroxylation sites is 1. The van der Waals surface area contributed by atoms with Crippen molar-refractivity contribution in [1.82, 2.24) is 5.01 Å². The first kappa shape index (κ1) is 19.1. The summed E-state index contributed by atoms with van der Waals surface area (Å²) in [4.78, 5) is 12.1. The van der Waals surface area contributed by atoms with Crippen LogP contribution >= 0.6 is 0 Å². The number of aryl methyl sites for hydroxylation is 1. The average Bonchev–Trinajstić information content (AvgIpc) is 2.81. The van der Waals surface area contributed by atoms with Gasteiger partial charge in [0.2, 0.25) is 5.72 Å². The van der Waals surface area contributed by atoms with E-state index in [4.69, 9.17) is 4.74 Å². The van der Waals surface area contributed by atoms with E-state index in [1.807, 2.05) is 0 Å². The van der Waals surface area contributed by atoms with Gasteiger partial charge < -0.3 is 9.84 Å². The van der Waals surface area contributed by atoms with Crippen molar-refractivity contribution in [3.8, 4) is 5.75 Å². The maximum atomic E-state index is 13.7. The third-order valence-corrected chi connectivity index (χ3v) is 3.66. The molecule has 0 aromatic heterocycles. The molecule has 1 aliphatic rings. The van der Waals surface area contributed by atoms with Crippen molar-refractivity contribution in [2.45, 2.75) is 38.1 Å². The number of nitrogens with zero attached hydrogens (tertiary/aromatic N) is 2. The summed E-state index contributed by atoms with van der Waals surface area (Å²) in [6.07, 6.45) is -7.19. The van der Waals surface area contributed by atoms with Gasteiger partial charge in [-0.05, 0) is 25.5 Å². The molecule has 1 aromatic rings. The largest absolute Gasteiger partial charge is 0.483 e. The van der Waals surface area contributed by atoms with Gasteiger partial charge in [0.25, 0.3) is 5.91 Å². The summed E-state index contributed by atoms with van der Waals surface area (Å²) < 4.78 is 70.6. The van der Waals surface area contributed by atoms with Crippen molar-refractivity contribution in [3.05, 3.63) is 29.8 Å². The molecule has 10 heteroatoms. The number of hydrogen-bond donors (Lipinski definition) is 1. The van der Waals surface area contributed by atoms with E-state index in [0.717, 1.165) is 6.92 Å². The van der Waals surface area contributed by atoms with Crippen LogP contribution in [0.25, 0.3) is 0 Å². The molecule has 0 saturated carbocycles. The van der Waals surface area contributed by atoms with Gasteiger partial charge in [-0.3, -0.25) is 4.79 Å². The van der Waals surface area contributed by atoms with Crippen LogP contribution in [0.1, 0.15) is 18.9 Å². The van der Waals surface area contributed by atoms with Gasteiger partial charge >= 0.3 is 12.1 Å². The van der Waals surface area contributed by atoms with Gasteiger partial charge in [-0.2, -0.15) is 32.1 Å². The zero-order valence-corrected chi connectivity index (χ0v) is 13.3. The summed E-state index contributed by atoms with van der Waals surface area (Å²) in [5.41, 5.74) is -3.44. The SMILES string of the molecule is CC1=NN(C(=O)COc2ccccc2C)[C@](O)(C(F)(F)C(F)(F)F)C1. The number of carbonyl (C=O) groups is 1. The lowest BCUT2D eigenvalue weighted by molar-refractivity contribution is -0.363. The highest BCUT2D eigenvalue weighted by molar-refractivity contribution is 5.89. The lowest BCUT2D eigenvalue weighted by Gasteiger charge is -2.37. The number of hydrazone groups is 1. The van der Waals surface area contributed by atoms with E-state index >= 15 is 0 Å².